The van der Waals surface area contributed by atoms with Crippen molar-refractivity contribution in [3.05, 3.63) is 74.7 Å². The minimum Gasteiger partial charge on any atom is -0.424 e. The molecule has 34 heavy (non-hydrogen) atoms. The zero-order valence-electron chi connectivity index (χ0n) is 18.2. The lowest BCUT2D eigenvalue weighted by atomic mass is 10.00. The van der Waals surface area contributed by atoms with Gasteiger partial charge in [-0.05, 0) is 30.2 Å². The van der Waals surface area contributed by atoms with Gasteiger partial charge in [0.25, 0.3) is 10.2 Å². The predicted molar refractivity (Wildman–Crippen MR) is 124 cm³/mol. The van der Waals surface area contributed by atoms with Crippen LogP contribution in [-0.4, -0.2) is 30.0 Å². The molecule has 10 nitrogen and oxygen atoms in total. The number of hydrogen-bond acceptors (Lipinski definition) is 7. The average molecular weight is 508 g/mol. The van der Waals surface area contributed by atoms with Crippen molar-refractivity contribution in [1.29, 1.82) is 0 Å². The van der Waals surface area contributed by atoms with Gasteiger partial charge in [-0.2, -0.15) is 8.42 Å². The molecule has 0 amide bonds. The highest BCUT2D eigenvalue weighted by Crippen LogP contribution is 2.34. The standard InChI is InChI=1S/C21H19ClFN5O5S/c1-11-13-9-15(22)17(33-21-26-6-7-28(21)3)10-16(13)32-20(29)14(11)8-12-4-5-25-19(18(12)23)27-34(30,31)24-2/h4-7,9-10,24H,8H2,1-3H3,(H,25,27). The monoisotopic (exact) mass is 507 g/mol. The molecule has 178 valence electrons. The first-order valence-corrected chi connectivity index (χ1v) is 11.7. The van der Waals surface area contributed by atoms with Crippen molar-refractivity contribution in [3.63, 3.8) is 0 Å². The Hall–Kier alpha value is -3.48. The van der Waals surface area contributed by atoms with E-state index < -0.39 is 27.5 Å². The molecule has 0 atom stereocenters. The van der Waals surface area contributed by atoms with E-state index in [2.05, 4.69) is 9.97 Å². The smallest absolute Gasteiger partial charge is 0.340 e. The molecule has 3 heterocycles. The number of fused-ring (bicyclic) bond motifs is 1. The third kappa shape index (κ3) is 4.60. The fourth-order valence-corrected chi connectivity index (χ4v) is 3.98. The second-order valence-electron chi connectivity index (χ2n) is 7.31. The molecule has 13 heteroatoms. The van der Waals surface area contributed by atoms with E-state index in [1.54, 1.807) is 37.0 Å². The van der Waals surface area contributed by atoms with Gasteiger partial charge in [-0.25, -0.2) is 23.9 Å². The number of nitrogens with one attached hydrogen (secondary N) is 2. The van der Waals surface area contributed by atoms with E-state index in [9.17, 15) is 17.6 Å². The number of anilines is 1. The van der Waals surface area contributed by atoms with E-state index in [1.807, 2.05) is 9.44 Å². The highest BCUT2D eigenvalue weighted by atomic mass is 35.5. The number of benzene rings is 1. The van der Waals surface area contributed by atoms with Gasteiger partial charge in [0.2, 0.25) is 0 Å². The van der Waals surface area contributed by atoms with Crippen LogP contribution in [0.3, 0.4) is 0 Å². The lowest BCUT2D eigenvalue weighted by molar-refractivity contribution is 0.424. The summed E-state index contributed by atoms with van der Waals surface area (Å²) in [6.07, 6.45) is 4.35. The molecule has 0 unspecified atom stereocenters. The van der Waals surface area contributed by atoms with Crippen molar-refractivity contribution in [2.24, 2.45) is 7.05 Å². The van der Waals surface area contributed by atoms with Gasteiger partial charge in [0.05, 0.1) is 5.02 Å². The summed E-state index contributed by atoms with van der Waals surface area (Å²) < 4.78 is 55.2. The summed E-state index contributed by atoms with van der Waals surface area (Å²) in [4.78, 5) is 20.6. The highest BCUT2D eigenvalue weighted by molar-refractivity contribution is 7.90. The first kappa shape index (κ1) is 23.7. The van der Waals surface area contributed by atoms with E-state index in [0.717, 1.165) is 0 Å². The number of nitrogens with zero attached hydrogens (tertiary/aromatic N) is 3. The Labute approximate surface area is 198 Å². The Bertz CT molecular complexity index is 1570. The Kier molecular flexibility index (Phi) is 6.30. The van der Waals surface area contributed by atoms with E-state index in [0.29, 0.717) is 17.0 Å². The van der Waals surface area contributed by atoms with Crippen molar-refractivity contribution in [2.75, 3.05) is 11.8 Å². The van der Waals surface area contributed by atoms with Crippen molar-refractivity contribution in [2.45, 2.75) is 13.3 Å². The van der Waals surface area contributed by atoms with Crippen LogP contribution in [0.5, 0.6) is 11.8 Å². The van der Waals surface area contributed by atoms with Gasteiger partial charge >= 0.3 is 11.6 Å². The molecule has 0 aliphatic heterocycles. The van der Waals surface area contributed by atoms with Crippen LogP contribution >= 0.6 is 11.6 Å². The second kappa shape index (κ2) is 9.05. The first-order valence-electron chi connectivity index (χ1n) is 9.85. The lowest BCUT2D eigenvalue weighted by Gasteiger charge is -2.13. The zero-order chi connectivity index (χ0) is 24.6. The SMILES string of the molecule is CNS(=O)(=O)Nc1nccc(Cc2c(C)c3cc(Cl)c(Oc4nccn4C)cc3oc2=O)c1F. The maximum absolute atomic E-state index is 14.9. The number of halogens is 2. The summed E-state index contributed by atoms with van der Waals surface area (Å²) in [7, 11) is -1.05. The van der Waals surface area contributed by atoms with Crippen LogP contribution in [0, 0.1) is 12.7 Å². The Morgan fingerprint density at radius 1 is 1.26 bits per heavy atom. The fraction of sp³-hybridized carbons (Fsp3) is 0.190. The van der Waals surface area contributed by atoms with Crippen molar-refractivity contribution >= 4 is 38.6 Å². The minimum absolute atomic E-state index is 0.0550. The van der Waals surface area contributed by atoms with Crippen LogP contribution in [-0.2, 0) is 23.7 Å². The molecule has 0 aliphatic rings. The van der Waals surface area contributed by atoms with E-state index >= 15 is 0 Å². The summed E-state index contributed by atoms with van der Waals surface area (Å²) in [5.41, 5.74) is 0.333. The molecule has 3 aromatic heterocycles. The van der Waals surface area contributed by atoms with Gasteiger partial charge in [-0.3, -0.25) is 4.72 Å². The summed E-state index contributed by atoms with van der Waals surface area (Å²) in [6, 6.07) is 4.73. The van der Waals surface area contributed by atoms with Crippen LogP contribution in [0.25, 0.3) is 11.0 Å². The Morgan fingerprint density at radius 3 is 2.71 bits per heavy atom. The van der Waals surface area contributed by atoms with Gasteiger partial charge in [0, 0.05) is 56.1 Å². The second-order valence-corrected chi connectivity index (χ2v) is 9.34. The average Bonchev–Trinajstić information content (AvgIpc) is 3.19. The fourth-order valence-electron chi connectivity index (χ4n) is 3.28. The molecule has 4 aromatic rings. The van der Waals surface area contributed by atoms with Crippen LogP contribution in [0.1, 0.15) is 16.7 Å². The molecule has 4 rings (SSSR count). The van der Waals surface area contributed by atoms with Crippen molar-refractivity contribution < 1.29 is 22.0 Å². The quantitative estimate of drug-likeness (QED) is 0.367. The Balaban J connectivity index is 1.73. The van der Waals surface area contributed by atoms with E-state index in [-0.39, 0.29) is 33.9 Å². The molecular formula is C21H19ClFN5O5S. The molecule has 0 spiro atoms. The molecule has 0 bridgehead atoms. The molecule has 0 saturated heterocycles. The van der Waals surface area contributed by atoms with Gasteiger partial charge in [-0.15, -0.1) is 0 Å². The molecule has 0 fully saturated rings. The largest absolute Gasteiger partial charge is 0.424 e. The van der Waals surface area contributed by atoms with Gasteiger partial charge in [0.1, 0.15) is 5.58 Å². The van der Waals surface area contributed by atoms with Gasteiger partial charge in [0.15, 0.2) is 17.4 Å². The number of rotatable bonds is 7. The summed E-state index contributed by atoms with van der Waals surface area (Å²) in [6.45, 7) is 1.69. The van der Waals surface area contributed by atoms with E-state index in [1.165, 1.54) is 25.4 Å². The molecule has 2 N–H and O–H groups in total. The van der Waals surface area contributed by atoms with Gasteiger partial charge in [-0.1, -0.05) is 11.6 Å². The number of aromatic nitrogens is 3. The molecular weight excluding hydrogens is 489 g/mol. The maximum Gasteiger partial charge on any atom is 0.340 e. The predicted octanol–water partition coefficient (Wildman–Crippen LogP) is 3.28. The number of aryl methyl sites for hydroxylation is 2. The van der Waals surface area contributed by atoms with Crippen molar-refractivity contribution in [1.82, 2.24) is 19.3 Å². The highest BCUT2D eigenvalue weighted by Gasteiger charge is 2.20. The molecule has 0 saturated carbocycles. The van der Waals surface area contributed by atoms with Crippen LogP contribution in [0.4, 0.5) is 10.2 Å². The maximum atomic E-state index is 14.9. The van der Waals surface area contributed by atoms with Crippen molar-refractivity contribution in [3.8, 4) is 11.8 Å². The van der Waals surface area contributed by atoms with E-state index in [4.69, 9.17) is 20.8 Å². The molecule has 1 aromatic carbocycles. The summed E-state index contributed by atoms with van der Waals surface area (Å²) in [5.74, 6) is -1.15. The third-order valence-electron chi connectivity index (χ3n) is 5.15. The minimum atomic E-state index is -3.98. The van der Waals surface area contributed by atoms with Crippen LogP contribution < -0.4 is 19.8 Å². The summed E-state index contributed by atoms with van der Waals surface area (Å²) in [5, 5.41) is 0.801. The third-order valence-corrected chi connectivity index (χ3v) is 6.45. The number of imidazole rings is 1. The zero-order valence-corrected chi connectivity index (χ0v) is 19.8. The number of pyridine rings is 1. The van der Waals surface area contributed by atoms with Crippen LogP contribution in [0.15, 0.2) is 46.0 Å². The van der Waals surface area contributed by atoms with Gasteiger partial charge < -0.3 is 13.7 Å². The lowest BCUT2D eigenvalue weighted by Crippen LogP contribution is -2.27. The number of hydrogen-bond donors (Lipinski definition) is 2. The molecule has 0 aliphatic carbocycles. The topological polar surface area (TPSA) is 128 Å². The Morgan fingerprint density at radius 2 is 2.03 bits per heavy atom. The number of ether oxygens (including phenoxy) is 1. The van der Waals surface area contributed by atoms with Crippen LogP contribution in [0.2, 0.25) is 5.02 Å². The summed E-state index contributed by atoms with van der Waals surface area (Å²) >= 11 is 6.40. The first-order chi connectivity index (χ1) is 16.1. The molecule has 0 radical (unpaired) electrons. The normalized spacial score (nSPS) is 11.7.